The zero-order valence-electron chi connectivity index (χ0n) is 11.1. The van der Waals surface area contributed by atoms with E-state index in [1.165, 1.54) is 6.92 Å². The topological polar surface area (TPSA) is 44.8 Å². The molecule has 20 heavy (non-hydrogen) atoms. The van der Waals surface area contributed by atoms with Crippen LogP contribution < -0.4 is 9.47 Å². The molecule has 2 heterocycles. The van der Waals surface area contributed by atoms with E-state index in [1.54, 1.807) is 0 Å². The molecule has 102 valence electrons. The molecule has 4 rings (SSSR count). The van der Waals surface area contributed by atoms with Crippen LogP contribution in [0.15, 0.2) is 30.3 Å². The smallest absolute Gasteiger partial charge is 0.308 e. The summed E-state index contributed by atoms with van der Waals surface area (Å²) >= 11 is 0. The molecule has 0 amide bonds. The minimum Gasteiger partial charge on any atom is -0.460 e. The zero-order chi connectivity index (χ0) is 13.7. The summed E-state index contributed by atoms with van der Waals surface area (Å²) in [7, 11) is 0. The van der Waals surface area contributed by atoms with Crippen molar-refractivity contribution in [2.75, 3.05) is 6.61 Å². The quantitative estimate of drug-likeness (QED) is 0.590. The average molecular weight is 270 g/mol. The van der Waals surface area contributed by atoms with E-state index in [0.29, 0.717) is 18.1 Å². The van der Waals surface area contributed by atoms with Crippen LogP contribution in [0.3, 0.4) is 0 Å². The molecule has 2 aliphatic heterocycles. The molecular weight excluding hydrogens is 256 g/mol. The van der Waals surface area contributed by atoms with Gasteiger partial charge in [0.2, 0.25) is 6.29 Å². The Balaban J connectivity index is 1.97. The van der Waals surface area contributed by atoms with Crippen LogP contribution in [0, 0.1) is 0 Å². The lowest BCUT2D eigenvalue weighted by molar-refractivity contribution is -0.132. The maximum absolute atomic E-state index is 11.4. The number of carbonyl (C=O) groups excluding carboxylic acids is 1. The molecule has 0 N–H and O–H groups in total. The fourth-order valence-electron chi connectivity index (χ4n) is 3.06. The molecule has 1 saturated heterocycles. The zero-order valence-corrected chi connectivity index (χ0v) is 11.1. The SMILES string of the molecule is CC(=O)Oc1c2c(cc3ccccc13)C1CCOC1O2. The number of rotatable bonds is 1. The highest BCUT2D eigenvalue weighted by Crippen LogP contribution is 2.51. The number of hydrogen-bond donors (Lipinski definition) is 0. The predicted octanol–water partition coefficient (Wildman–Crippen LogP) is 2.99. The first-order valence-corrected chi connectivity index (χ1v) is 6.76. The standard InChI is InChI=1S/C16H14O4/c1-9(17)19-14-11-5-3-2-4-10(11)8-13-12-6-7-18-16(12)20-15(13)14/h2-5,8,12,16H,6-7H2,1H3. The minimum atomic E-state index is -0.342. The van der Waals surface area contributed by atoms with Crippen LogP contribution in [-0.4, -0.2) is 18.9 Å². The number of benzene rings is 2. The van der Waals surface area contributed by atoms with Crippen LogP contribution in [0.25, 0.3) is 10.8 Å². The molecule has 2 atom stereocenters. The Bertz CT molecular complexity index is 707. The fourth-order valence-corrected chi connectivity index (χ4v) is 3.06. The van der Waals surface area contributed by atoms with Gasteiger partial charge in [0.1, 0.15) is 0 Å². The second-order valence-electron chi connectivity index (χ2n) is 5.19. The number of ether oxygens (including phenoxy) is 3. The third kappa shape index (κ3) is 1.61. The van der Waals surface area contributed by atoms with E-state index in [1.807, 2.05) is 24.3 Å². The van der Waals surface area contributed by atoms with Gasteiger partial charge in [0.05, 0.1) is 12.5 Å². The van der Waals surface area contributed by atoms with Crippen LogP contribution in [0.2, 0.25) is 0 Å². The molecule has 2 aromatic rings. The van der Waals surface area contributed by atoms with Gasteiger partial charge in [-0.15, -0.1) is 0 Å². The lowest BCUT2D eigenvalue weighted by Crippen LogP contribution is -2.14. The van der Waals surface area contributed by atoms with Crippen molar-refractivity contribution in [3.63, 3.8) is 0 Å². The predicted molar refractivity (Wildman–Crippen MR) is 73.0 cm³/mol. The summed E-state index contributed by atoms with van der Waals surface area (Å²) in [6, 6.07) is 9.98. The van der Waals surface area contributed by atoms with Gasteiger partial charge in [0.15, 0.2) is 11.5 Å². The van der Waals surface area contributed by atoms with Gasteiger partial charge in [-0.25, -0.2) is 0 Å². The van der Waals surface area contributed by atoms with Crippen LogP contribution in [-0.2, 0) is 9.53 Å². The molecule has 4 heteroatoms. The first-order chi connectivity index (χ1) is 9.74. The van der Waals surface area contributed by atoms with Crippen LogP contribution in [0.5, 0.6) is 11.5 Å². The van der Waals surface area contributed by atoms with E-state index < -0.39 is 0 Å². The highest BCUT2D eigenvalue weighted by Gasteiger charge is 2.41. The molecule has 1 fully saturated rings. The molecule has 0 aliphatic carbocycles. The second kappa shape index (κ2) is 4.21. The monoisotopic (exact) mass is 270 g/mol. The Morgan fingerprint density at radius 1 is 1.35 bits per heavy atom. The van der Waals surface area contributed by atoms with Crippen molar-refractivity contribution in [2.45, 2.75) is 25.6 Å². The lowest BCUT2D eigenvalue weighted by atomic mass is 9.95. The molecule has 2 aliphatic rings. The Morgan fingerprint density at radius 3 is 3.05 bits per heavy atom. The third-order valence-corrected chi connectivity index (χ3v) is 3.90. The molecule has 0 bridgehead atoms. The number of carbonyl (C=O) groups is 1. The molecular formula is C16H14O4. The Kier molecular flexibility index (Phi) is 2.47. The van der Waals surface area contributed by atoms with Gasteiger partial charge in [0, 0.05) is 17.9 Å². The van der Waals surface area contributed by atoms with E-state index in [-0.39, 0.29) is 18.2 Å². The van der Waals surface area contributed by atoms with E-state index in [4.69, 9.17) is 14.2 Å². The van der Waals surface area contributed by atoms with Crippen molar-refractivity contribution >= 4 is 16.7 Å². The molecule has 0 aromatic heterocycles. The van der Waals surface area contributed by atoms with Crippen molar-refractivity contribution in [1.29, 1.82) is 0 Å². The summed E-state index contributed by atoms with van der Waals surface area (Å²) in [4.78, 5) is 11.4. The maximum Gasteiger partial charge on any atom is 0.308 e. The van der Waals surface area contributed by atoms with Crippen LogP contribution >= 0.6 is 0 Å². The van der Waals surface area contributed by atoms with E-state index in [0.717, 1.165) is 22.8 Å². The lowest BCUT2D eigenvalue weighted by Gasteiger charge is -2.12. The summed E-state index contributed by atoms with van der Waals surface area (Å²) in [6.45, 7) is 2.12. The average Bonchev–Trinajstić information content (AvgIpc) is 2.99. The van der Waals surface area contributed by atoms with E-state index in [2.05, 4.69) is 6.07 Å². The van der Waals surface area contributed by atoms with Gasteiger partial charge in [-0.2, -0.15) is 0 Å². The van der Waals surface area contributed by atoms with Crippen molar-refractivity contribution in [3.05, 3.63) is 35.9 Å². The summed E-state index contributed by atoms with van der Waals surface area (Å²) in [5.74, 6) is 1.08. The third-order valence-electron chi connectivity index (χ3n) is 3.90. The molecule has 4 nitrogen and oxygen atoms in total. The van der Waals surface area contributed by atoms with Crippen LogP contribution in [0.4, 0.5) is 0 Å². The summed E-state index contributed by atoms with van der Waals surface area (Å²) < 4.78 is 16.9. The molecule has 0 saturated carbocycles. The molecule has 0 spiro atoms. The van der Waals surface area contributed by atoms with Gasteiger partial charge in [-0.05, 0) is 17.9 Å². The number of fused-ring (bicyclic) bond motifs is 4. The van der Waals surface area contributed by atoms with Gasteiger partial charge in [0.25, 0.3) is 0 Å². The van der Waals surface area contributed by atoms with Crippen LogP contribution in [0.1, 0.15) is 24.8 Å². The van der Waals surface area contributed by atoms with Gasteiger partial charge < -0.3 is 14.2 Å². The van der Waals surface area contributed by atoms with Crippen molar-refractivity contribution < 1.29 is 19.0 Å². The van der Waals surface area contributed by atoms with Gasteiger partial charge in [-0.1, -0.05) is 24.3 Å². The highest BCUT2D eigenvalue weighted by atomic mass is 16.7. The van der Waals surface area contributed by atoms with Gasteiger partial charge in [-0.3, -0.25) is 4.79 Å². The second-order valence-corrected chi connectivity index (χ2v) is 5.19. The normalized spacial score (nSPS) is 23.2. The van der Waals surface area contributed by atoms with Crippen molar-refractivity contribution in [3.8, 4) is 11.5 Å². The summed E-state index contributed by atoms with van der Waals surface area (Å²) in [6.07, 6.45) is 0.700. The van der Waals surface area contributed by atoms with E-state index in [9.17, 15) is 4.79 Å². The van der Waals surface area contributed by atoms with Crippen molar-refractivity contribution in [2.24, 2.45) is 0 Å². The molecule has 2 aromatic carbocycles. The summed E-state index contributed by atoms with van der Waals surface area (Å²) in [5, 5.41) is 1.94. The summed E-state index contributed by atoms with van der Waals surface area (Å²) in [5.41, 5.74) is 1.09. The first kappa shape index (κ1) is 11.7. The van der Waals surface area contributed by atoms with Gasteiger partial charge >= 0.3 is 5.97 Å². The highest BCUT2D eigenvalue weighted by molar-refractivity contribution is 5.94. The Labute approximate surface area is 116 Å². The van der Waals surface area contributed by atoms with Crippen molar-refractivity contribution in [1.82, 2.24) is 0 Å². The largest absolute Gasteiger partial charge is 0.460 e. The number of hydrogen-bond acceptors (Lipinski definition) is 4. The molecule has 0 radical (unpaired) electrons. The maximum atomic E-state index is 11.4. The minimum absolute atomic E-state index is 0.240. The molecule has 2 unspecified atom stereocenters. The Morgan fingerprint density at radius 2 is 2.20 bits per heavy atom. The number of esters is 1. The fraction of sp³-hybridized carbons (Fsp3) is 0.312. The Hall–Kier alpha value is -2.07. The first-order valence-electron chi connectivity index (χ1n) is 6.76. The van der Waals surface area contributed by atoms with E-state index >= 15 is 0 Å².